The third-order valence-corrected chi connectivity index (χ3v) is 2.37. The molecule has 16 heavy (non-hydrogen) atoms. The first-order valence-corrected chi connectivity index (χ1v) is 5.24. The summed E-state index contributed by atoms with van der Waals surface area (Å²) >= 11 is 11.2. The number of nitrogen functional groups attached to an aromatic ring is 1. The average Bonchev–Trinajstić information content (AvgIpc) is 2.13. The summed E-state index contributed by atoms with van der Waals surface area (Å²) in [6.45, 7) is 3.32. The maximum Gasteiger partial charge on any atom is 0.342 e. The molecule has 0 aromatic heterocycles. The standard InChI is InChI=1S/C10H10Cl2FNO2/c1-4(2)16-10(15)7-6(14)3-5(11)9(13)8(7)12/h3-4H,14H2,1-2H3. The van der Waals surface area contributed by atoms with E-state index in [1.807, 2.05) is 0 Å². The molecule has 0 radical (unpaired) electrons. The normalized spacial score (nSPS) is 10.6. The molecule has 1 aromatic rings. The highest BCUT2D eigenvalue weighted by Gasteiger charge is 2.22. The molecule has 0 amide bonds. The molecular formula is C10H10Cl2FNO2. The number of carbonyl (C=O) groups excluding carboxylic acids is 1. The van der Waals surface area contributed by atoms with Gasteiger partial charge in [-0.2, -0.15) is 0 Å². The van der Waals surface area contributed by atoms with Crippen molar-refractivity contribution in [3.05, 3.63) is 27.5 Å². The minimum absolute atomic E-state index is 0.0120. The Kier molecular flexibility index (Phi) is 3.99. The highest BCUT2D eigenvalue weighted by atomic mass is 35.5. The molecule has 1 rings (SSSR count). The summed E-state index contributed by atoms with van der Waals surface area (Å²) in [4.78, 5) is 11.6. The van der Waals surface area contributed by atoms with Gasteiger partial charge in [-0.15, -0.1) is 0 Å². The van der Waals surface area contributed by atoms with E-state index in [1.165, 1.54) is 0 Å². The van der Waals surface area contributed by atoms with Crippen LogP contribution in [0.2, 0.25) is 10.0 Å². The van der Waals surface area contributed by atoms with Gasteiger partial charge in [-0.3, -0.25) is 0 Å². The molecule has 6 heteroatoms. The van der Waals surface area contributed by atoms with Crippen LogP contribution in [0.1, 0.15) is 24.2 Å². The van der Waals surface area contributed by atoms with E-state index in [0.29, 0.717) is 0 Å². The summed E-state index contributed by atoms with van der Waals surface area (Å²) in [7, 11) is 0. The van der Waals surface area contributed by atoms with Crippen molar-refractivity contribution in [2.75, 3.05) is 5.73 Å². The van der Waals surface area contributed by atoms with Gasteiger partial charge in [0.15, 0.2) is 5.82 Å². The summed E-state index contributed by atoms with van der Waals surface area (Å²) in [6, 6.07) is 1.12. The van der Waals surface area contributed by atoms with Gasteiger partial charge in [0, 0.05) is 5.69 Å². The number of benzene rings is 1. The van der Waals surface area contributed by atoms with Crippen LogP contribution in [0.25, 0.3) is 0 Å². The second-order valence-electron chi connectivity index (χ2n) is 3.40. The summed E-state index contributed by atoms with van der Waals surface area (Å²) in [5.74, 6) is -1.65. The summed E-state index contributed by atoms with van der Waals surface area (Å²) in [5, 5.41) is -0.653. The molecule has 0 saturated heterocycles. The molecule has 0 aliphatic carbocycles. The zero-order chi connectivity index (χ0) is 12.5. The molecular weight excluding hydrogens is 256 g/mol. The topological polar surface area (TPSA) is 52.3 Å². The van der Waals surface area contributed by atoms with Crippen molar-refractivity contribution in [2.45, 2.75) is 20.0 Å². The van der Waals surface area contributed by atoms with Crippen LogP contribution in [0.3, 0.4) is 0 Å². The summed E-state index contributed by atoms with van der Waals surface area (Å²) < 4.78 is 18.2. The highest BCUT2D eigenvalue weighted by molar-refractivity contribution is 6.37. The predicted molar refractivity (Wildman–Crippen MR) is 61.4 cm³/mol. The fourth-order valence-corrected chi connectivity index (χ4v) is 1.64. The SMILES string of the molecule is CC(C)OC(=O)c1c(N)cc(Cl)c(F)c1Cl. The molecule has 3 nitrogen and oxygen atoms in total. The Morgan fingerprint density at radius 1 is 1.50 bits per heavy atom. The Morgan fingerprint density at radius 3 is 2.56 bits per heavy atom. The maximum absolute atomic E-state index is 13.3. The Morgan fingerprint density at radius 2 is 2.06 bits per heavy atom. The van der Waals surface area contributed by atoms with Crippen LogP contribution in [-0.4, -0.2) is 12.1 Å². The van der Waals surface area contributed by atoms with Gasteiger partial charge < -0.3 is 10.5 Å². The number of anilines is 1. The van der Waals surface area contributed by atoms with Crippen molar-refractivity contribution >= 4 is 34.9 Å². The van der Waals surface area contributed by atoms with Crippen molar-refractivity contribution in [2.24, 2.45) is 0 Å². The van der Waals surface area contributed by atoms with Crippen molar-refractivity contribution in [1.82, 2.24) is 0 Å². The van der Waals surface area contributed by atoms with E-state index in [-0.39, 0.29) is 22.4 Å². The molecule has 0 spiro atoms. The number of halogens is 3. The van der Waals surface area contributed by atoms with E-state index in [4.69, 9.17) is 33.7 Å². The van der Waals surface area contributed by atoms with E-state index in [9.17, 15) is 9.18 Å². The number of carbonyl (C=O) groups is 1. The second kappa shape index (κ2) is 4.89. The Balaban J connectivity index is 3.24. The number of hydrogen-bond acceptors (Lipinski definition) is 3. The number of ether oxygens (including phenoxy) is 1. The molecule has 0 unspecified atom stereocenters. The summed E-state index contributed by atoms with van der Waals surface area (Å²) in [5.41, 5.74) is 5.32. The van der Waals surface area contributed by atoms with E-state index in [1.54, 1.807) is 13.8 Å². The van der Waals surface area contributed by atoms with Crippen molar-refractivity contribution in [3.63, 3.8) is 0 Å². The van der Waals surface area contributed by atoms with Crippen molar-refractivity contribution in [3.8, 4) is 0 Å². The van der Waals surface area contributed by atoms with Crippen LogP contribution < -0.4 is 5.73 Å². The molecule has 0 saturated carbocycles. The van der Waals surface area contributed by atoms with E-state index < -0.39 is 16.8 Å². The van der Waals surface area contributed by atoms with Gasteiger partial charge in [-0.25, -0.2) is 9.18 Å². The molecule has 0 fully saturated rings. The van der Waals surface area contributed by atoms with Gasteiger partial charge in [-0.05, 0) is 19.9 Å². The smallest absolute Gasteiger partial charge is 0.342 e. The van der Waals surface area contributed by atoms with Gasteiger partial charge in [0.2, 0.25) is 0 Å². The summed E-state index contributed by atoms with van der Waals surface area (Å²) in [6.07, 6.45) is -0.346. The quantitative estimate of drug-likeness (QED) is 0.507. The Bertz CT molecular complexity index is 435. The Hall–Kier alpha value is -1.00. The van der Waals surface area contributed by atoms with E-state index >= 15 is 0 Å². The second-order valence-corrected chi connectivity index (χ2v) is 4.19. The van der Waals surface area contributed by atoms with Gasteiger partial charge in [-0.1, -0.05) is 23.2 Å². The van der Waals surface area contributed by atoms with Gasteiger partial charge in [0.25, 0.3) is 0 Å². The van der Waals surface area contributed by atoms with Crippen LogP contribution in [0.15, 0.2) is 6.07 Å². The fraction of sp³-hybridized carbons (Fsp3) is 0.300. The molecule has 0 aliphatic heterocycles. The fourth-order valence-electron chi connectivity index (χ4n) is 1.09. The minimum Gasteiger partial charge on any atom is -0.459 e. The van der Waals surface area contributed by atoms with Crippen molar-refractivity contribution in [1.29, 1.82) is 0 Å². The first-order valence-electron chi connectivity index (χ1n) is 4.48. The molecule has 0 atom stereocenters. The molecule has 1 aromatic carbocycles. The zero-order valence-corrected chi connectivity index (χ0v) is 10.2. The van der Waals surface area contributed by atoms with Crippen LogP contribution >= 0.6 is 23.2 Å². The molecule has 0 bridgehead atoms. The lowest BCUT2D eigenvalue weighted by Gasteiger charge is -2.12. The lowest BCUT2D eigenvalue weighted by molar-refractivity contribution is 0.0379. The van der Waals surface area contributed by atoms with Gasteiger partial charge in [0.1, 0.15) is 5.56 Å². The number of rotatable bonds is 2. The number of hydrogen-bond donors (Lipinski definition) is 1. The molecule has 0 aliphatic rings. The van der Waals surface area contributed by atoms with E-state index in [2.05, 4.69) is 0 Å². The van der Waals surface area contributed by atoms with Gasteiger partial charge >= 0.3 is 5.97 Å². The number of esters is 1. The monoisotopic (exact) mass is 265 g/mol. The van der Waals surface area contributed by atoms with Gasteiger partial charge in [0.05, 0.1) is 16.1 Å². The highest BCUT2D eigenvalue weighted by Crippen LogP contribution is 2.31. The first kappa shape index (κ1) is 13.1. The maximum atomic E-state index is 13.3. The number of nitrogens with two attached hydrogens (primary N) is 1. The average molecular weight is 266 g/mol. The van der Waals surface area contributed by atoms with Crippen LogP contribution in [0.5, 0.6) is 0 Å². The first-order chi connectivity index (χ1) is 7.34. The molecule has 88 valence electrons. The predicted octanol–water partition coefficient (Wildman–Crippen LogP) is 3.28. The van der Waals surface area contributed by atoms with Crippen LogP contribution in [0.4, 0.5) is 10.1 Å². The van der Waals surface area contributed by atoms with E-state index in [0.717, 1.165) is 6.07 Å². The third-order valence-electron chi connectivity index (χ3n) is 1.74. The van der Waals surface area contributed by atoms with Crippen molar-refractivity contribution < 1.29 is 13.9 Å². The lowest BCUT2D eigenvalue weighted by atomic mass is 10.1. The zero-order valence-electron chi connectivity index (χ0n) is 8.68. The largest absolute Gasteiger partial charge is 0.459 e. The Labute approximate surface area is 102 Å². The lowest BCUT2D eigenvalue weighted by Crippen LogP contribution is -2.14. The third kappa shape index (κ3) is 2.57. The molecule has 2 N–H and O–H groups in total. The van der Waals surface area contributed by atoms with Crippen LogP contribution in [-0.2, 0) is 4.74 Å². The minimum atomic E-state index is -0.881. The van der Waals surface area contributed by atoms with Crippen LogP contribution in [0, 0.1) is 5.82 Å². The molecule has 0 heterocycles.